The van der Waals surface area contributed by atoms with Crippen LogP contribution in [-0.2, 0) is 4.79 Å². The molecule has 0 aliphatic carbocycles. The maximum absolute atomic E-state index is 12.5. The van der Waals surface area contributed by atoms with E-state index in [1.807, 2.05) is 0 Å². The van der Waals surface area contributed by atoms with Crippen LogP contribution < -0.4 is 0 Å². The molecular weight excluding hydrogens is 207 g/mol. The Labute approximate surface area is 77.6 Å². The maximum Gasteiger partial charge on any atom is 0.298 e. The fourth-order valence-electron chi connectivity index (χ4n) is 0.440. The predicted molar refractivity (Wildman–Crippen MR) is 40.1 cm³/mol. The zero-order valence-electron chi connectivity index (χ0n) is 6.52. The molecule has 0 aromatic heterocycles. The average Bonchev–Trinajstić information content (AvgIpc) is 1.99. The van der Waals surface area contributed by atoms with Gasteiger partial charge in [-0.2, -0.15) is 14.0 Å². The van der Waals surface area contributed by atoms with E-state index < -0.39 is 22.9 Å². The van der Waals surface area contributed by atoms with E-state index in [4.69, 9.17) is 16.9 Å². The lowest BCUT2D eigenvalue weighted by Gasteiger charge is -2.12. The number of nitriles is 1. The van der Waals surface area contributed by atoms with E-state index in [1.54, 1.807) is 0 Å². The minimum absolute atomic E-state index is 0.0764. The fraction of sp³-hybridized carbons (Fsp3) is 0.429. The van der Waals surface area contributed by atoms with Crippen molar-refractivity contribution in [1.29, 1.82) is 5.26 Å². The third kappa shape index (κ3) is 3.47. The van der Waals surface area contributed by atoms with E-state index >= 15 is 0 Å². The molecule has 0 rings (SSSR count). The standard InChI is InChI=1S/C7H5ClF3NO/c1-4(9)7(10,11)2-5(3-12)6(8)13/h2,4H,1H3/b5-2+. The Morgan fingerprint density at radius 2 is 2.15 bits per heavy atom. The van der Waals surface area contributed by atoms with E-state index in [-0.39, 0.29) is 6.08 Å². The summed E-state index contributed by atoms with van der Waals surface area (Å²) >= 11 is 4.77. The Kier molecular flexibility index (Phi) is 3.95. The highest BCUT2D eigenvalue weighted by molar-refractivity contribution is 6.68. The summed E-state index contributed by atoms with van der Waals surface area (Å²) in [7, 11) is 0. The van der Waals surface area contributed by atoms with Gasteiger partial charge in [0.25, 0.3) is 11.2 Å². The number of hydrogen-bond acceptors (Lipinski definition) is 2. The molecule has 72 valence electrons. The molecule has 13 heavy (non-hydrogen) atoms. The van der Waals surface area contributed by atoms with Crippen molar-refractivity contribution in [3.8, 4) is 6.07 Å². The Morgan fingerprint density at radius 3 is 2.38 bits per heavy atom. The first kappa shape index (κ1) is 12.0. The van der Waals surface area contributed by atoms with Crippen LogP contribution >= 0.6 is 11.6 Å². The predicted octanol–water partition coefficient (Wildman–Crippen LogP) is 2.20. The molecule has 0 radical (unpaired) electrons. The fourth-order valence-corrected chi connectivity index (χ4v) is 0.537. The Bertz CT molecular complexity index is 280. The molecule has 0 heterocycles. The van der Waals surface area contributed by atoms with Gasteiger partial charge in [-0.1, -0.05) is 0 Å². The summed E-state index contributed by atoms with van der Waals surface area (Å²) in [6.45, 7) is 0.615. The van der Waals surface area contributed by atoms with Gasteiger partial charge >= 0.3 is 0 Å². The van der Waals surface area contributed by atoms with Crippen LogP contribution in [0.4, 0.5) is 13.2 Å². The van der Waals surface area contributed by atoms with Crippen LogP contribution in [0.25, 0.3) is 0 Å². The minimum atomic E-state index is -3.85. The monoisotopic (exact) mass is 211 g/mol. The summed E-state index contributed by atoms with van der Waals surface area (Å²) in [5.41, 5.74) is -0.962. The van der Waals surface area contributed by atoms with Crippen LogP contribution in [0.1, 0.15) is 6.92 Å². The molecule has 0 aromatic carbocycles. The topological polar surface area (TPSA) is 40.9 Å². The van der Waals surface area contributed by atoms with Crippen LogP contribution in [-0.4, -0.2) is 17.3 Å². The first-order valence-electron chi connectivity index (χ1n) is 3.16. The largest absolute Gasteiger partial charge is 0.298 e. The van der Waals surface area contributed by atoms with Gasteiger partial charge in [0.05, 0.1) is 0 Å². The lowest BCUT2D eigenvalue weighted by molar-refractivity contribution is -0.108. The second kappa shape index (κ2) is 4.28. The van der Waals surface area contributed by atoms with Gasteiger partial charge in [0.2, 0.25) is 0 Å². The quantitative estimate of drug-likeness (QED) is 0.408. The van der Waals surface area contributed by atoms with Crippen molar-refractivity contribution < 1.29 is 18.0 Å². The zero-order valence-corrected chi connectivity index (χ0v) is 7.28. The molecule has 0 fully saturated rings. The number of allylic oxidation sites excluding steroid dienone is 2. The van der Waals surface area contributed by atoms with Crippen molar-refractivity contribution in [3.05, 3.63) is 11.6 Å². The van der Waals surface area contributed by atoms with Gasteiger partial charge in [-0.15, -0.1) is 0 Å². The highest BCUT2D eigenvalue weighted by Gasteiger charge is 2.35. The van der Waals surface area contributed by atoms with Gasteiger partial charge in [0, 0.05) is 6.08 Å². The van der Waals surface area contributed by atoms with Crippen molar-refractivity contribution >= 4 is 16.8 Å². The number of halogens is 4. The van der Waals surface area contributed by atoms with E-state index in [1.165, 1.54) is 0 Å². The second-order valence-corrected chi connectivity index (χ2v) is 2.58. The Morgan fingerprint density at radius 1 is 1.69 bits per heavy atom. The summed E-state index contributed by atoms with van der Waals surface area (Å²) in [6.07, 6.45) is -2.56. The number of rotatable bonds is 3. The average molecular weight is 212 g/mol. The van der Waals surface area contributed by atoms with Crippen LogP contribution in [0, 0.1) is 11.3 Å². The maximum atomic E-state index is 12.5. The van der Waals surface area contributed by atoms with Crippen LogP contribution in [0.15, 0.2) is 11.6 Å². The highest BCUT2D eigenvalue weighted by atomic mass is 35.5. The van der Waals surface area contributed by atoms with E-state index in [9.17, 15) is 18.0 Å². The minimum Gasteiger partial charge on any atom is -0.275 e. The smallest absolute Gasteiger partial charge is 0.275 e. The summed E-state index contributed by atoms with van der Waals surface area (Å²) in [5.74, 6) is -3.85. The highest BCUT2D eigenvalue weighted by Crippen LogP contribution is 2.24. The van der Waals surface area contributed by atoms with Crippen molar-refractivity contribution in [1.82, 2.24) is 0 Å². The summed E-state index contributed by atoms with van der Waals surface area (Å²) in [6, 6.07) is 1.15. The summed E-state index contributed by atoms with van der Waals surface area (Å²) in [5, 5.41) is 6.83. The van der Waals surface area contributed by atoms with Gasteiger partial charge < -0.3 is 0 Å². The van der Waals surface area contributed by atoms with Crippen LogP contribution in [0.2, 0.25) is 0 Å². The molecule has 2 nitrogen and oxygen atoms in total. The molecule has 0 bridgehead atoms. The zero-order chi connectivity index (χ0) is 10.6. The SMILES string of the molecule is CC(F)C(F)(F)/C=C(\C#N)C(=O)Cl. The lowest BCUT2D eigenvalue weighted by atomic mass is 10.1. The molecule has 0 N–H and O–H groups in total. The van der Waals surface area contributed by atoms with Gasteiger partial charge in [-0.05, 0) is 18.5 Å². The van der Waals surface area contributed by atoms with E-state index in [0.717, 1.165) is 6.07 Å². The molecular formula is C7H5ClF3NO. The third-order valence-corrected chi connectivity index (χ3v) is 1.40. The first-order chi connectivity index (χ1) is 5.81. The number of alkyl halides is 3. The lowest BCUT2D eigenvalue weighted by Crippen LogP contribution is -2.25. The molecule has 0 aliphatic rings. The summed E-state index contributed by atoms with van der Waals surface area (Å²) in [4.78, 5) is 10.3. The second-order valence-electron chi connectivity index (χ2n) is 2.23. The molecule has 0 amide bonds. The van der Waals surface area contributed by atoms with Gasteiger partial charge in [0.15, 0.2) is 6.17 Å². The molecule has 0 aliphatic heterocycles. The molecule has 1 atom stereocenters. The number of carbonyl (C=O) groups excluding carboxylic acids is 1. The Hall–Kier alpha value is -1.02. The number of nitrogens with zero attached hydrogens (tertiary/aromatic N) is 1. The third-order valence-electron chi connectivity index (χ3n) is 1.20. The molecule has 0 spiro atoms. The van der Waals surface area contributed by atoms with Gasteiger partial charge in [0.1, 0.15) is 11.6 Å². The summed E-state index contributed by atoms with van der Waals surface area (Å²) < 4.78 is 37.2. The normalized spacial score (nSPS) is 14.9. The van der Waals surface area contributed by atoms with Gasteiger partial charge in [-0.25, -0.2) is 4.39 Å². The van der Waals surface area contributed by atoms with Crippen LogP contribution in [0.5, 0.6) is 0 Å². The van der Waals surface area contributed by atoms with Gasteiger partial charge in [-0.3, -0.25) is 4.79 Å². The van der Waals surface area contributed by atoms with Crippen molar-refractivity contribution in [2.45, 2.75) is 19.0 Å². The molecule has 0 saturated heterocycles. The first-order valence-corrected chi connectivity index (χ1v) is 3.53. The van der Waals surface area contributed by atoms with Crippen molar-refractivity contribution in [2.75, 3.05) is 0 Å². The molecule has 0 aromatic rings. The van der Waals surface area contributed by atoms with Crippen molar-refractivity contribution in [3.63, 3.8) is 0 Å². The van der Waals surface area contributed by atoms with E-state index in [0.29, 0.717) is 6.92 Å². The van der Waals surface area contributed by atoms with Crippen molar-refractivity contribution in [2.24, 2.45) is 0 Å². The molecule has 0 saturated carbocycles. The number of hydrogen-bond donors (Lipinski definition) is 0. The molecule has 1 unspecified atom stereocenters. The Balaban J connectivity index is 4.92. The van der Waals surface area contributed by atoms with E-state index in [2.05, 4.69) is 0 Å². The van der Waals surface area contributed by atoms with Crippen LogP contribution in [0.3, 0.4) is 0 Å². The molecule has 6 heteroatoms. The number of carbonyl (C=O) groups is 1.